The van der Waals surface area contributed by atoms with Crippen molar-refractivity contribution < 1.29 is 9.13 Å². The lowest BCUT2D eigenvalue weighted by Gasteiger charge is -2.10. The van der Waals surface area contributed by atoms with Gasteiger partial charge in [0.25, 0.3) is 0 Å². The summed E-state index contributed by atoms with van der Waals surface area (Å²) in [7, 11) is 0. The van der Waals surface area contributed by atoms with E-state index < -0.39 is 5.82 Å². The number of halogens is 2. The first-order valence-corrected chi connectivity index (χ1v) is 7.32. The predicted molar refractivity (Wildman–Crippen MR) is 80.3 cm³/mol. The van der Waals surface area contributed by atoms with Crippen molar-refractivity contribution in [2.75, 3.05) is 0 Å². The van der Waals surface area contributed by atoms with Crippen LogP contribution < -0.4 is 10.1 Å². The van der Waals surface area contributed by atoms with Crippen molar-refractivity contribution in [3.05, 3.63) is 52.4 Å². The van der Waals surface area contributed by atoms with Crippen LogP contribution in [-0.2, 0) is 6.54 Å². The number of nitrogens with one attached hydrogen (secondary N) is 1. The molecule has 1 aromatic carbocycles. The number of hydrogen-bond donors (Lipinski definition) is 1. The van der Waals surface area contributed by atoms with Crippen LogP contribution in [0.5, 0.6) is 11.6 Å². The fourth-order valence-electron chi connectivity index (χ4n) is 2.01. The molecule has 0 unspecified atom stereocenters. The van der Waals surface area contributed by atoms with E-state index in [9.17, 15) is 4.39 Å². The van der Waals surface area contributed by atoms with Gasteiger partial charge in [0.2, 0.25) is 5.88 Å². The van der Waals surface area contributed by atoms with Gasteiger partial charge in [-0.1, -0.05) is 17.7 Å². The molecule has 0 amide bonds. The number of aromatic nitrogens is 1. The van der Waals surface area contributed by atoms with E-state index in [4.69, 9.17) is 16.3 Å². The van der Waals surface area contributed by atoms with E-state index >= 15 is 0 Å². The molecule has 1 saturated carbocycles. The zero-order chi connectivity index (χ0) is 14.8. The van der Waals surface area contributed by atoms with E-state index in [0.29, 0.717) is 17.7 Å². The number of rotatable bonds is 5. The van der Waals surface area contributed by atoms with E-state index in [-0.39, 0.29) is 5.02 Å². The van der Waals surface area contributed by atoms with Crippen LogP contribution in [0.4, 0.5) is 4.39 Å². The Kier molecular flexibility index (Phi) is 4.08. The first-order chi connectivity index (χ1) is 10.1. The average molecular weight is 307 g/mol. The Morgan fingerprint density at radius 1 is 1.33 bits per heavy atom. The van der Waals surface area contributed by atoms with E-state index in [1.807, 2.05) is 13.0 Å². The molecular formula is C16H16ClFN2O. The molecule has 0 bridgehead atoms. The lowest BCUT2D eigenvalue weighted by atomic mass is 10.2. The second kappa shape index (κ2) is 6.00. The van der Waals surface area contributed by atoms with Crippen LogP contribution in [0.1, 0.15) is 24.1 Å². The second-order valence-electron chi connectivity index (χ2n) is 5.23. The first-order valence-electron chi connectivity index (χ1n) is 6.94. The molecule has 1 fully saturated rings. The second-order valence-corrected chi connectivity index (χ2v) is 5.63. The van der Waals surface area contributed by atoms with Crippen LogP contribution in [-0.4, -0.2) is 11.0 Å². The Hall–Kier alpha value is -1.65. The van der Waals surface area contributed by atoms with Crippen molar-refractivity contribution in [3.63, 3.8) is 0 Å². The molecule has 1 aromatic heterocycles. The average Bonchev–Trinajstić information content (AvgIpc) is 3.26. The standard InChI is InChI=1S/C16H16ClFN2O/c1-10-11(9-19-12-3-4-12)2-7-16(20-10)21-13-5-6-14(17)15(18)8-13/h2,5-8,12,19H,3-4,9H2,1H3. The third kappa shape index (κ3) is 3.71. The van der Waals surface area contributed by atoms with Crippen molar-refractivity contribution in [2.24, 2.45) is 0 Å². The van der Waals surface area contributed by atoms with E-state index in [0.717, 1.165) is 17.8 Å². The largest absolute Gasteiger partial charge is 0.439 e. The van der Waals surface area contributed by atoms with Gasteiger partial charge in [-0.3, -0.25) is 0 Å². The summed E-state index contributed by atoms with van der Waals surface area (Å²) in [5.74, 6) is 0.327. The maximum Gasteiger partial charge on any atom is 0.219 e. The van der Waals surface area contributed by atoms with Crippen molar-refractivity contribution in [3.8, 4) is 11.6 Å². The Morgan fingerprint density at radius 2 is 2.14 bits per heavy atom. The van der Waals surface area contributed by atoms with Gasteiger partial charge in [0, 0.05) is 30.4 Å². The normalized spacial score (nSPS) is 14.2. The minimum absolute atomic E-state index is 0.0768. The lowest BCUT2D eigenvalue weighted by Crippen LogP contribution is -2.16. The molecule has 0 saturated heterocycles. The Labute approximate surface area is 128 Å². The third-order valence-corrected chi connectivity index (χ3v) is 3.75. The highest BCUT2D eigenvalue weighted by Crippen LogP contribution is 2.25. The summed E-state index contributed by atoms with van der Waals surface area (Å²) in [5, 5.41) is 3.53. The Bertz CT molecular complexity index is 659. The monoisotopic (exact) mass is 306 g/mol. The maximum atomic E-state index is 13.4. The number of benzene rings is 1. The minimum atomic E-state index is -0.504. The summed E-state index contributed by atoms with van der Waals surface area (Å²) >= 11 is 5.64. The van der Waals surface area contributed by atoms with Crippen LogP contribution in [0.2, 0.25) is 5.02 Å². The molecule has 1 heterocycles. The summed E-state index contributed by atoms with van der Waals surface area (Å²) in [5.41, 5.74) is 2.06. The molecule has 1 aliphatic carbocycles. The van der Waals surface area contributed by atoms with Crippen molar-refractivity contribution in [1.82, 2.24) is 10.3 Å². The number of aryl methyl sites for hydroxylation is 1. The van der Waals surface area contributed by atoms with Crippen molar-refractivity contribution in [2.45, 2.75) is 32.4 Å². The molecular weight excluding hydrogens is 291 g/mol. The van der Waals surface area contributed by atoms with Gasteiger partial charge in [0.15, 0.2) is 0 Å². The lowest BCUT2D eigenvalue weighted by molar-refractivity contribution is 0.456. The number of nitrogens with zero attached hydrogens (tertiary/aromatic N) is 1. The molecule has 3 rings (SSSR count). The van der Waals surface area contributed by atoms with Crippen molar-refractivity contribution in [1.29, 1.82) is 0 Å². The molecule has 21 heavy (non-hydrogen) atoms. The number of pyridine rings is 1. The van der Waals surface area contributed by atoms with Gasteiger partial charge in [-0.05, 0) is 37.5 Å². The maximum absolute atomic E-state index is 13.4. The van der Waals surface area contributed by atoms with Crippen LogP contribution in [0.25, 0.3) is 0 Å². The van der Waals surface area contributed by atoms with Gasteiger partial charge in [0.05, 0.1) is 5.02 Å². The van der Waals surface area contributed by atoms with E-state index in [1.54, 1.807) is 12.1 Å². The predicted octanol–water partition coefficient (Wildman–Crippen LogP) is 4.23. The topological polar surface area (TPSA) is 34.1 Å². The number of hydrogen-bond acceptors (Lipinski definition) is 3. The highest BCUT2D eigenvalue weighted by molar-refractivity contribution is 6.30. The quantitative estimate of drug-likeness (QED) is 0.897. The SMILES string of the molecule is Cc1nc(Oc2ccc(Cl)c(F)c2)ccc1CNC1CC1. The molecule has 3 nitrogen and oxygen atoms in total. The highest BCUT2D eigenvalue weighted by atomic mass is 35.5. The molecule has 2 aromatic rings. The van der Waals surface area contributed by atoms with E-state index in [1.165, 1.54) is 25.0 Å². The Balaban J connectivity index is 1.70. The Morgan fingerprint density at radius 3 is 2.81 bits per heavy atom. The third-order valence-electron chi connectivity index (χ3n) is 3.44. The highest BCUT2D eigenvalue weighted by Gasteiger charge is 2.20. The molecule has 0 radical (unpaired) electrons. The van der Waals surface area contributed by atoms with Crippen LogP contribution in [0.3, 0.4) is 0 Å². The van der Waals surface area contributed by atoms with Gasteiger partial charge >= 0.3 is 0 Å². The zero-order valence-electron chi connectivity index (χ0n) is 11.7. The summed E-state index contributed by atoms with van der Waals surface area (Å²) < 4.78 is 18.9. The molecule has 0 spiro atoms. The fraction of sp³-hybridized carbons (Fsp3) is 0.312. The van der Waals surface area contributed by atoms with Gasteiger partial charge in [0.1, 0.15) is 11.6 Å². The summed E-state index contributed by atoms with van der Waals surface area (Å²) in [4.78, 5) is 4.40. The van der Waals surface area contributed by atoms with Gasteiger partial charge in [-0.2, -0.15) is 0 Å². The summed E-state index contributed by atoms with van der Waals surface area (Å²) in [6.07, 6.45) is 2.52. The first kappa shape index (κ1) is 14.3. The summed E-state index contributed by atoms with van der Waals surface area (Å²) in [6.45, 7) is 2.76. The zero-order valence-corrected chi connectivity index (χ0v) is 12.5. The van der Waals surface area contributed by atoms with Crippen LogP contribution >= 0.6 is 11.6 Å². The molecule has 0 atom stereocenters. The molecule has 110 valence electrons. The minimum Gasteiger partial charge on any atom is -0.439 e. The van der Waals surface area contributed by atoms with Crippen molar-refractivity contribution >= 4 is 11.6 Å². The van der Waals surface area contributed by atoms with Crippen LogP contribution in [0, 0.1) is 12.7 Å². The summed E-state index contributed by atoms with van der Waals surface area (Å²) in [6, 6.07) is 8.78. The molecule has 5 heteroatoms. The van der Waals surface area contributed by atoms with Gasteiger partial charge in [-0.25, -0.2) is 9.37 Å². The molecule has 0 aliphatic heterocycles. The van der Waals surface area contributed by atoms with E-state index in [2.05, 4.69) is 10.3 Å². The smallest absolute Gasteiger partial charge is 0.219 e. The fourth-order valence-corrected chi connectivity index (χ4v) is 2.13. The van der Waals surface area contributed by atoms with Gasteiger partial charge < -0.3 is 10.1 Å². The number of ether oxygens (including phenoxy) is 1. The molecule has 1 N–H and O–H groups in total. The van der Waals surface area contributed by atoms with Crippen LogP contribution in [0.15, 0.2) is 30.3 Å². The van der Waals surface area contributed by atoms with Gasteiger partial charge in [-0.15, -0.1) is 0 Å². The molecule has 1 aliphatic rings.